The Labute approximate surface area is 97.0 Å². The van der Waals surface area contributed by atoms with Crippen molar-refractivity contribution in [3.63, 3.8) is 0 Å². The van der Waals surface area contributed by atoms with E-state index in [4.69, 9.17) is 9.47 Å². The van der Waals surface area contributed by atoms with Crippen molar-refractivity contribution in [3.05, 3.63) is 34.4 Å². The van der Waals surface area contributed by atoms with Crippen LogP contribution in [0.1, 0.15) is 0 Å². The van der Waals surface area contributed by atoms with Gasteiger partial charge in [0.25, 0.3) is 5.69 Å². The molecule has 0 aliphatic rings. The maximum Gasteiger partial charge on any atom is 0.419 e. The second-order valence-electron chi connectivity index (χ2n) is 2.85. The second-order valence-corrected chi connectivity index (χ2v) is 2.85. The van der Waals surface area contributed by atoms with Crippen LogP contribution in [-0.4, -0.2) is 31.4 Å². The first kappa shape index (κ1) is 12.9. The summed E-state index contributed by atoms with van der Waals surface area (Å²) in [6, 6.07) is 5.68. The van der Waals surface area contributed by atoms with Crippen molar-refractivity contribution < 1.29 is 23.9 Å². The second kappa shape index (κ2) is 7.18. The molecule has 0 aromatic heterocycles. The largest absolute Gasteiger partial charge is 0.491 e. The molecule has 0 aliphatic carbocycles. The number of hydrogen-bond donors (Lipinski definition) is 0. The molecule has 1 aromatic carbocycles. The van der Waals surface area contributed by atoms with Crippen LogP contribution in [0.2, 0.25) is 0 Å². The third-order valence-electron chi connectivity index (χ3n) is 1.75. The summed E-state index contributed by atoms with van der Waals surface area (Å²) < 4.78 is 14.2. The zero-order chi connectivity index (χ0) is 12.5. The monoisotopic (exact) mass is 240 g/mol. The lowest BCUT2D eigenvalue weighted by Gasteiger charge is -2.05. The highest BCUT2D eigenvalue weighted by molar-refractivity contribution is 5.37. The summed E-state index contributed by atoms with van der Waals surface area (Å²) in [6.45, 7) is 1.52. The zero-order valence-electron chi connectivity index (χ0n) is 8.83. The van der Waals surface area contributed by atoms with Gasteiger partial charge in [0.2, 0.25) is 0 Å². The molecule has 0 amide bonds. The molecular weight excluding hydrogens is 230 g/mol. The summed E-state index contributed by atoms with van der Waals surface area (Å²) >= 11 is 0. The van der Waals surface area contributed by atoms with Gasteiger partial charge in [-0.05, 0) is 12.1 Å². The van der Waals surface area contributed by atoms with E-state index in [1.54, 1.807) is 0 Å². The van der Waals surface area contributed by atoms with Crippen molar-refractivity contribution in [3.8, 4) is 5.75 Å². The van der Waals surface area contributed by atoms with Crippen LogP contribution in [-0.2, 0) is 14.3 Å². The molecule has 0 N–H and O–H groups in total. The number of nitro benzene ring substituents is 1. The van der Waals surface area contributed by atoms with E-state index in [1.807, 2.05) is 0 Å². The summed E-state index contributed by atoms with van der Waals surface area (Å²) in [6.07, 6.45) is 0. The molecular formula is C10H10NO6. The zero-order valence-corrected chi connectivity index (χ0v) is 8.83. The first-order chi connectivity index (χ1) is 8.24. The van der Waals surface area contributed by atoms with E-state index in [0.29, 0.717) is 5.75 Å². The SMILES string of the molecule is O=[C]OCOCCOc1ccc([N+](=O)[O-])cc1. The van der Waals surface area contributed by atoms with Crippen LogP contribution in [0.25, 0.3) is 0 Å². The number of carbonyl (C=O) groups excluding carboxylic acids is 1. The first-order valence-electron chi connectivity index (χ1n) is 4.68. The highest BCUT2D eigenvalue weighted by Gasteiger charge is 2.03. The van der Waals surface area contributed by atoms with Crippen molar-refractivity contribution in [2.24, 2.45) is 0 Å². The Balaban J connectivity index is 2.23. The van der Waals surface area contributed by atoms with Gasteiger partial charge < -0.3 is 14.2 Å². The normalized spacial score (nSPS) is 9.65. The molecule has 0 saturated heterocycles. The molecule has 0 fully saturated rings. The topological polar surface area (TPSA) is 87.9 Å². The molecule has 0 spiro atoms. The summed E-state index contributed by atoms with van der Waals surface area (Å²) in [5.74, 6) is 0.502. The standard InChI is InChI=1S/C10H10NO6/c12-7-16-8-15-5-6-17-10-3-1-9(2-4-10)11(13)14/h1-4H,5-6,8H2. The Morgan fingerprint density at radius 2 is 1.94 bits per heavy atom. The van der Waals surface area contributed by atoms with E-state index in [0.717, 1.165) is 0 Å². The number of nitrogens with zero attached hydrogens (tertiary/aromatic N) is 1. The molecule has 0 aliphatic heterocycles. The van der Waals surface area contributed by atoms with Gasteiger partial charge in [0.15, 0.2) is 6.79 Å². The average Bonchev–Trinajstić information content (AvgIpc) is 2.34. The molecule has 1 aromatic rings. The average molecular weight is 240 g/mol. The molecule has 0 atom stereocenters. The van der Waals surface area contributed by atoms with E-state index < -0.39 is 4.92 Å². The van der Waals surface area contributed by atoms with Gasteiger partial charge >= 0.3 is 6.47 Å². The van der Waals surface area contributed by atoms with Crippen LogP contribution in [0, 0.1) is 10.1 Å². The molecule has 0 unspecified atom stereocenters. The van der Waals surface area contributed by atoms with Crippen LogP contribution in [0.3, 0.4) is 0 Å². The van der Waals surface area contributed by atoms with Crippen LogP contribution >= 0.6 is 0 Å². The fraction of sp³-hybridized carbons (Fsp3) is 0.300. The van der Waals surface area contributed by atoms with Crippen LogP contribution in [0.4, 0.5) is 5.69 Å². The Morgan fingerprint density at radius 3 is 2.53 bits per heavy atom. The summed E-state index contributed by atoms with van der Waals surface area (Å²) in [5, 5.41) is 10.4. The molecule has 0 saturated carbocycles. The molecule has 0 bridgehead atoms. The first-order valence-corrected chi connectivity index (χ1v) is 4.68. The third-order valence-corrected chi connectivity index (χ3v) is 1.75. The van der Waals surface area contributed by atoms with Gasteiger partial charge in [-0.3, -0.25) is 10.1 Å². The van der Waals surface area contributed by atoms with Gasteiger partial charge in [-0.2, -0.15) is 0 Å². The summed E-state index contributed by atoms with van der Waals surface area (Å²) in [5.41, 5.74) is 0.00326. The van der Waals surface area contributed by atoms with E-state index in [9.17, 15) is 14.9 Å². The predicted octanol–water partition coefficient (Wildman–Crippen LogP) is 1.03. The fourth-order valence-corrected chi connectivity index (χ4v) is 1.01. The lowest BCUT2D eigenvalue weighted by atomic mass is 10.3. The minimum atomic E-state index is -0.486. The van der Waals surface area contributed by atoms with Crippen molar-refractivity contribution in [1.29, 1.82) is 0 Å². The van der Waals surface area contributed by atoms with Crippen molar-refractivity contribution >= 4 is 12.2 Å². The molecule has 17 heavy (non-hydrogen) atoms. The Kier molecular flexibility index (Phi) is 5.45. The smallest absolute Gasteiger partial charge is 0.419 e. The molecule has 91 valence electrons. The van der Waals surface area contributed by atoms with Crippen LogP contribution in [0.15, 0.2) is 24.3 Å². The van der Waals surface area contributed by atoms with Crippen LogP contribution in [0.5, 0.6) is 5.75 Å². The highest BCUT2D eigenvalue weighted by Crippen LogP contribution is 2.16. The van der Waals surface area contributed by atoms with Gasteiger partial charge in [0.05, 0.1) is 11.5 Å². The molecule has 7 heteroatoms. The quantitative estimate of drug-likeness (QED) is 0.292. The predicted molar refractivity (Wildman–Crippen MR) is 56.2 cm³/mol. The lowest BCUT2D eigenvalue weighted by Crippen LogP contribution is -2.08. The van der Waals surface area contributed by atoms with Gasteiger partial charge in [-0.1, -0.05) is 0 Å². The third kappa shape index (κ3) is 4.94. The maximum atomic E-state index is 10.4. The number of rotatable bonds is 8. The molecule has 7 nitrogen and oxygen atoms in total. The summed E-state index contributed by atoms with van der Waals surface area (Å²) in [4.78, 5) is 19.5. The van der Waals surface area contributed by atoms with Crippen molar-refractivity contribution in [2.45, 2.75) is 0 Å². The van der Waals surface area contributed by atoms with Gasteiger partial charge in [0.1, 0.15) is 12.4 Å². The van der Waals surface area contributed by atoms with Gasteiger partial charge in [0, 0.05) is 12.1 Å². The minimum Gasteiger partial charge on any atom is -0.491 e. The van der Waals surface area contributed by atoms with Crippen molar-refractivity contribution in [2.75, 3.05) is 20.0 Å². The number of hydrogen-bond acceptors (Lipinski definition) is 6. The fourth-order valence-electron chi connectivity index (χ4n) is 1.01. The molecule has 0 heterocycles. The minimum absolute atomic E-state index is 0.00326. The van der Waals surface area contributed by atoms with Crippen molar-refractivity contribution in [1.82, 2.24) is 0 Å². The Morgan fingerprint density at radius 1 is 1.24 bits per heavy atom. The van der Waals surface area contributed by atoms with E-state index in [1.165, 1.54) is 30.7 Å². The Hall–Kier alpha value is -2.15. The Bertz CT molecular complexity index is 364. The molecule has 1 radical (unpaired) electrons. The van der Waals surface area contributed by atoms with E-state index >= 15 is 0 Å². The van der Waals surface area contributed by atoms with Gasteiger partial charge in [-0.15, -0.1) is 0 Å². The highest BCUT2D eigenvalue weighted by atomic mass is 16.7. The lowest BCUT2D eigenvalue weighted by molar-refractivity contribution is -0.384. The van der Waals surface area contributed by atoms with Crippen LogP contribution < -0.4 is 4.74 Å². The number of benzene rings is 1. The number of nitro groups is 1. The van der Waals surface area contributed by atoms with E-state index in [2.05, 4.69) is 4.74 Å². The maximum absolute atomic E-state index is 10.4. The van der Waals surface area contributed by atoms with E-state index in [-0.39, 0.29) is 25.7 Å². The van der Waals surface area contributed by atoms with Gasteiger partial charge in [-0.25, -0.2) is 4.79 Å². The molecule has 1 rings (SSSR count). The number of ether oxygens (including phenoxy) is 3. The summed E-state index contributed by atoms with van der Waals surface area (Å²) in [7, 11) is 0. The number of non-ortho nitro benzene ring substituents is 1.